The Morgan fingerprint density at radius 2 is 1.81 bits per heavy atom. The first-order valence-electron chi connectivity index (χ1n) is 11.4. The molecule has 37 heavy (non-hydrogen) atoms. The zero-order valence-electron chi connectivity index (χ0n) is 19.6. The Labute approximate surface area is 215 Å². The summed E-state index contributed by atoms with van der Waals surface area (Å²) < 4.78 is 68.6. The third-order valence-corrected chi connectivity index (χ3v) is 6.44. The van der Waals surface area contributed by atoms with Crippen molar-refractivity contribution in [2.75, 3.05) is 18.5 Å². The normalized spacial score (nSPS) is 18.2. The number of halogens is 6. The highest BCUT2D eigenvalue weighted by Gasteiger charge is 2.43. The third kappa shape index (κ3) is 6.37. The Bertz CT molecular complexity index is 1240. The SMILES string of the molecule is CN(CCc1cccc(C(F)(F)F)n1)[C@@H]1C[C@H](c2cccc(Cl)c2)N(c2ccc(OC(F)F)cc2)C1=O. The van der Waals surface area contributed by atoms with E-state index in [0.717, 1.165) is 11.6 Å². The molecule has 1 aromatic heterocycles. The maximum absolute atomic E-state index is 13.6. The van der Waals surface area contributed by atoms with Crippen LogP contribution in [0.5, 0.6) is 5.75 Å². The number of hydrogen-bond acceptors (Lipinski definition) is 4. The fourth-order valence-corrected chi connectivity index (χ4v) is 4.62. The lowest BCUT2D eigenvalue weighted by Gasteiger charge is -2.26. The van der Waals surface area contributed by atoms with Crippen LogP contribution in [0.2, 0.25) is 5.02 Å². The number of alkyl halides is 5. The quantitative estimate of drug-likeness (QED) is 0.312. The van der Waals surface area contributed by atoms with Gasteiger partial charge in [-0.3, -0.25) is 9.69 Å². The second-order valence-corrected chi connectivity index (χ2v) is 9.08. The monoisotopic (exact) mass is 539 g/mol. The minimum atomic E-state index is -4.54. The lowest BCUT2D eigenvalue weighted by atomic mass is 10.0. The summed E-state index contributed by atoms with van der Waals surface area (Å²) in [5.41, 5.74) is 0.595. The second-order valence-electron chi connectivity index (χ2n) is 8.65. The number of aromatic nitrogens is 1. The first-order chi connectivity index (χ1) is 17.5. The number of ether oxygens (including phenoxy) is 1. The summed E-state index contributed by atoms with van der Waals surface area (Å²) in [4.78, 5) is 20.7. The van der Waals surface area contributed by atoms with Gasteiger partial charge in [0, 0.05) is 29.4 Å². The molecule has 2 heterocycles. The van der Waals surface area contributed by atoms with E-state index >= 15 is 0 Å². The van der Waals surface area contributed by atoms with Gasteiger partial charge in [0.2, 0.25) is 5.91 Å². The number of hydrogen-bond donors (Lipinski definition) is 0. The van der Waals surface area contributed by atoms with Crippen molar-refractivity contribution in [2.45, 2.75) is 37.7 Å². The van der Waals surface area contributed by atoms with Gasteiger partial charge in [-0.2, -0.15) is 22.0 Å². The number of carbonyl (C=O) groups excluding carboxylic acids is 1. The van der Waals surface area contributed by atoms with Crippen LogP contribution in [-0.2, 0) is 17.4 Å². The highest BCUT2D eigenvalue weighted by Crippen LogP contribution is 2.40. The number of anilines is 1. The van der Waals surface area contributed by atoms with E-state index in [9.17, 15) is 26.7 Å². The zero-order chi connectivity index (χ0) is 26.7. The molecule has 0 unspecified atom stereocenters. The molecule has 1 aliphatic rings. The molecule has 0 saturated carbocycles. The molecule has 1 aliphatic heterocycles. The van der Waals surface area contributed by atoms with Crippen LogP contribution in [0, 0.1) is 0 Å². The lowest BCUT2D eigenvalue weighted by Crippen LogP contribution is -2.40. The van der Waals surface area contributed by atoms with Crippen LogP contribution in [-0.4, -0.2) is 42.0 Å². The maximum Gasteiger partial charge on any atom is 0.433 e. The van der Waals surface area contributed by atoms with E-state index in [-0.39, 0.29) is 23.8 Å². The highest BCUT2D eigenvalue weighted by molar-refractivity contribution is 6.30. The topological polar surface area (TPSA) is 45.7 Å². The summed E-state index contributed by atoms with van der Waals surface area (Å²) >= 11 is 6.20. The van der Waals surface area contributed by atoms with Crippen molar-refractivity contribution in [3.05, 3.63) is 88.7 Å². The number of benzene rings is 2. The van der Waals surface area contributed by atoms with Gasteiger partial charge in [-0.05, 0) is 67.6 Å². The van der Waals surface area contributed by atoms with Crippen LogP contribution in [0.4, 0.5) is 27.6 Å². The van der Waals surface area contributed by atoms with E-state index in [0.29, 0.717) is 23.7 Å². The fraction of sp³-hybridized carbons (Fsp3) is 0.308. The zero-order valence-corrected chi connectivity index (χ0v) is 20.4. The summed E-state index contributed by atoms with van der Waals surface area (Å²) in [6.45, 7) is -2.68. The van der Waals surface area contributed by atoms with E-state index in [2.05, 4.69) is 9.72 Å². The Kier molecular flexibility index (Phi) is 7.99. The Morgan fingerprint density at radius 3 is 2.46 bits per heavy atom. The van der Waals surface area contributed by atoms with Crippen LogP contribution in [0.1, 0.15) is 29.4 Å². The molecule has 2 atom stereocenters. The molecular formula is C26H23ClF5N3O2. The van der Waals surface area contributed by atoms with Gasteiger partial charge in [0.05, 0.1) is 12.1 Å². The number of amides is 1. The minimum absolute atomic E-state index is 0.0352. The minimum Gasteiger partial charge on any atom is -0.435 e. The first kappa shape index (κ1) is 26.8. The molecule has 11 heteroatoms. The predicted molar refractivity (Wildman–Crippen MR) is 129 cm³/mol. The van der Waals surface area contributed by atoms with Crippen molar-refractivity contribution in [3.63, 3.8) is 0 Å². The Hall–Kier alpha value is -3.24. The van der Waals surface area contributed by atoms with E-state index in [1.165, 1.54) is 36.4 Å². The van der Waals surface area contributed by atoms with Gasteiger partial charge in [0.1, 0.15) is 11.4 Å². The largest absolute Gasteiger partial charge is 0.435 e. The Morgan fingerprint density at radius 1 is 1.11 bits per heavy atom. The molecule has 4 rings (SSSR count). The van der Waals surface area contributed by atoms with Crippen LogP contribution < -0.4 is 9.64 Å². The number of likely N-dealkylation sites (N-methyl/N-ethyl adjacent to an activating group) is 1. The van der Waals surface area contributed by atoms with Gasteiger partial charge in [-0.1, -0.05) is 29.8 Å². The van der Waals surface area contributed by atoms with Crippen molar-refractivity contribution in [1.29, 1.82) is 0 Å². The average Bonchev–Trinajstić information content (AvgIpc) is 3.19. The van der Waals surface area contributed by atoms with Gasteiger partial charge in [0.15, 0.2) is 0 Å². The van der Waals surface area contributed by atoms with Crippen LogP contribution in [0.25, 0.3) is 0 Å². The number of pyridine rings is 1. The molecule has 2 aromatic carbocycles. The lowest BCUT2D eigenvalue weighted by molar-refractivity contribution is -0.141. The van der Waals surface area contributed by atoms with Gasteiger partial charge >= 0.3 is 12.8 Å². The van der Waals surface area contributed by atoms with Gasteiger partial charge in [-0.25, -0.2) is 4.98 Å². The molecule has 3 aromatic rings. The Balaban J connectivity index is 1.56. The van der Waals surface area contributed by atoms with Gasteiger partial charge in [0.25, 0.3) is 0 Å². The molecule has 1 saturated heterocycles. The highest BCUT2D eigenvalue weighted by atomic mass is 35.5. The molecule has 5 nitrogen and oxygen atoms in total. The smallest absolute Gasteiger partial charge is 0.433 e. The molecule has 0 spiro atoms. The van der Waals surface area contributed by atoms with Crippen LogP contribution >= 0.6 is 11.6 Å². The summed E-state index contributed by atoms with van der Waals surface area (Å²) in [5.74, 6) is -0.265. The standard InChI is InChI=1S/C26H23ClF5N3O2/c1-34(13-12-18-6-3-7-23(33-18)26(30,31)32)22-15-21(16-4-2-5-17(27)14-16)35(24(22)36)19-8-10-20(11-9-19)37-25(28)29/h2-11,14,21-22,25H,12-13,15H2,1H3/t21-,22-/m1/s1. The van der Waals surface area contributed by atoms with Crippen LogP contribution in [0.3, 0.4) is 0 Å². The van der Waals surface area contributed by atoms with Crippen molar-refractivity contribution in [2.24, 2.45) is 0 Å². The van der Waals surface area contributed by atoms with Crippen molar-refractivity contribution in [1.82, 2.24) is 9.88 Å². The van der Waals surface area contributed by atoms with Crippen molar-refractivity contribution < 1.29 is 31.5 Å². The van der Waals surface area contributed by atoms with Gasteiger partial charge in [-0.15, -0.1) is 0 Å². The fourth-order valence-electron chi connectivity index (χ4n) is 4.42. The number of nitrogens with zero attached hydrogens (tertiary/aromatic N) is 3. The summed E-state index contributed by atoms with van der Waals surface area (Å²) in [6, 6.07) is 15.6. The molecule has 0 N–H and O–H groups in total. The molecule has 0 radical (unpaired) electrons. The summed E-state index contributed by atoms with van der Waals surface area (Å²) in [5, 5.41) is 0.498. The van der Waals surface area contributed by atoms with E-state index in [1.54, 1.807) is 35.0 Å². The second kappa shape index (κ2) is 11.0. The third-order valence-electron chi connectivity index (χ3n) is 6.20. The predicted octanol–water partition coefficient (Wildman–Crippen LogP) is 6.38. The molecule has 0 aliphatic carbocycles. The first-order valence-corrected chi connectivity index (χ1v) is 11.8. The maximum atomic E-state index is 13.6. The molecule has 1 amide bonds. The molecule has 0 bridgehead atoms. The van der Waals surface area contributed by atoms with E-state index < -0.39 is 30.6 Å². The van der Waals surface area contributed by atoms with E-state index in [1.807, 2.05) is 6.07 Å². The van der Waals surface area contributed by atoms with Gasteiger partial charge < -0.3 is 9.64 Å². The van der Waals surface area contributed by atoms with Crippen LogP contribution in [0.15, 0.2) is 66.7 Å². The summed E-state index contributed by atoms with van der Waals surface area (Å²) in [6.07, 6.45) is -3.93. The number of rotatable bonds is 8. The van der Waals surface area contributed by atoms with Crippen molar-refractivity contribution >= 4 is 23.2 Å². The molecule has 196 valence electrons. The number of carbonyl (C=O) groups is 1. The summed E-state index contributed by atoms with van der Waals surface area (Å²) in [7, 11) is 1.73. The average molecular weight is 540 g/mol. The van der Waals surface area contributed by atoms with Crippen molar-refractivity contribution in [3.8, 4) is 5.75 Å². The molecule has 1 fully saturated rings. The van der Waals surface area contributed by atoms with E-state index in [4.69, 9.17) is 11.6 Å². The molecular weight excluding hydrogens is 517 g/mol.